The van der Waals surface area contributed by atoms with Gasteiger partial charge < -0.3 is 4.90 Å². The van der Waals surface area contributed by atoms with Gasteiger partial charge in [0.2, 0.25) is 0 Å². The molecule has 0 unspecified atom stereocenters. The summed E-state index contributed by atoms with van der Waals surface area (Å²) in [5, 5.41) is -0.339. The van der Waals surface area contributed by atoms with Gasteiger partial charge in [-0.15, -0.1) is 0 Å². The Kier molecular flexibility index (Phi) is 7.27. The van der Waals surface area contributed by atoms with Crippen molar-refractivity contribution in [2.45, 2.75) is 57.6 Å². The van der Waals surface area contributed by atoms with Gasteiger partial charge in [0.15, 0.2) is 9.84 Å². The van der Waals surface area contributed by atoms with Gasteiger partial charge in [0, 0.05) is 19.3 Å². The van der Waals surface area contributed by atoms with Crippen molar-refractivity contribution in [3.63, 3.8) is 0 Å². The van der Waals surface area contributed by atoms with E-state index in [1.165, 1.54) is 29.7 Å². The van der Waals surface area contributed by atoms with E-state index in [4.69, 9.17) is 0 Å². The molecule has 0 saturated heterocycles. The van der Waals surface area contributed by atoms with Crippen LogP contribution in [0.1, 0.15) is 50.3 Å². The molecular formula is C22H31NO2S. The summed E-state index contributed by atoms with van der Waals surface area (Å²) in [6.45, 7) is 6.47. The first kappa shape index (κ1) is 20.5. The first-order chi connectivity index (χ1) is 12.3. The third-order valence-corrected chi connectivity index (χ3v) is 6.90. The number of hydrogen-bond donors (Lipinski definition) is 0. The summed E-state index contributed by atoms with van der Waals surface area (Å²) in [5.74, 6) is 0.111. The number of aryl methyl sites for hydroxylation is 1. The van der Waals surface area contributed by atoms with Crippen LogP contribution in [0.4, 0.5) is 5.69 Å². The van der Waals surface area contributed by atoms with Gasteiger partial charge in [-0.1, -0.05) is 49.7 Å². The number of anilines is 1. The van der Waals surface area contributed by atoms with E-state index in [0.29, 0.717) is 0 Å². The summed E-state index contributed by atoms with van der Waals surface area (Å²) in [4.78, 5) is 2.21. The van der Waals surface area contributed by atoms with Gasteiger partial charge in [0.05, 0.1) is 11.0 Å². The zero-order valence-electron chi connectivity index (χ0n) is 16.4. The maximum Gasteiger partial charge on any atom is 0.156 e. The van der Waals surface area contributed by atoms with Crippen molar-refractivity contribution in [1.29, 1.82) is 0 Å². The summed E-state index contributed by atoms with van der Waals surface area (Å²) in [6.07, 6.45) is 3.59. The largest absolute Gasteiger partial charge is 0.370 e. The molecule has 0 aliphatic carbocycles. The van der Waals surface area contributed by atoms with Crippen molar-refractivity contribution < 1.29 is 8.42 Å². The van der Waals surface area contributed by atoms with E-state index >= 15 is 0 Å². The highest BCUT2D eigenvalue weighted by molar-refractivity contribution is 7.91. The molecule has 0 fully saturated rings. The van der Waals surface area contributed by atoms with Crippen LogP contribution >= 0.6 is 0 Å². The first-order valence-electron chi connectivity index (χ1n) is 9.41. The molecule has 2 rings (SSSR count). The van der Waals surface area contributed by atoms with Crippen LogP contribution < -0.4 is 4.90 Å². The summed E-state index contributed by atoms with van der Waals surface area (Å²) in [7, 11) is -0.970. The molecule has 2 aromatic carbocycles. The Bertz CT molecular complexity index is 778. The molecule has 0 N–H and O–H groups in total. The van der Waals surface area contributed by atoms with Gasteiger partial charge in [0.1, 0.15) is 0 Å². The van der Waals surface area contributed by atoms with Crippen LogP contribution in [0.25, 0.3) is 0 Å². The zero-order chi connectivity index (χ0) is 19.2. The maximum absolute atomic E-state index is 12.0. The second-order valence-electron chi connectivity index (χ2n) is 7.30. The molecule has 0 heterocycles. The molecule has 3 nitrogen and oxygen atoms in total. The SMILES string of the molecule is CCCCc1ccc(N(C)Cc2ccc(CS(=O)(=O)C(C)C)cc2)cc1. The fourth-order valence-corrected chi connectivity index (χ4v) is 3.79. The Morgan fingerprint density at radius 1 is 0.885 bits per heavy atom. The molecule has 2 aromatic rings. The fourth-order valence-electron chi connectivity index (χ4n) is 2.80. The van der Waals surface area contributed by atoms with E-state index in [1.807, 2.05) is 24.3 Å². The minimum absolute atomic E-state index is 0.111. The molecule has 26 heavy (non-hydrogen) atoms. The molecule has 0 amide bonds. The minimum Gasteiger partial charge on any atom is -0.370 e. The second-order valence-corrected chi connectivity index (χ2v) is 9.86. The van der Waals surface area contributed by atoms with Crippen LogP contribution in [0, 0.1) is 0 Å². The van der Waals surface area contributed by atoms with E-state index in [2.05, 4.69) is 43.1 Å². The molecule has 0 aliphatic heterocycles. The molecule has 0 aromatic heterocycles. The van der Waals surface area contributed by atoms with Crippen molar-refractivity contribution in [3.05, 3.63) is 65.2 Å². The Morgan fingerprint density at radius 2 is 1.42 bits per heavy atom. The molecule has 0 bridgehead atoms. The minimum atomic E-state index is -3.05. The van der Waals surface area contributed by atoms with Crippen molar-refractivity contribution >= 4 is 15.5 Å². The molecular weight excluding hydrogens is 342 g/mol. The predicted octanol–water partition coefficient (Wildman–Crippen LogP) is 4.99. The van der Waals surface area contributed by atoms with Crippen molar-refractivity contribution in [2.75, 3.05) is 11.9 Å². The number of unbranched alkanes of at least 4 members (excludes halogenated alkanes) is 1. The highest BCUT2D eigenvalue weighted by atomic mass is 32.2. The lowest BCUT2D eigenvalue weighted by Crippen LogP contribution is -2.17. The van der Waals surface area contributed by atoms with Gasteiger partial charge in [-0.25, -0.2) is 8.42 Å². The smallest absolute Gasteiger partial charge is 0.156 e. The van der Waals surface area contributed by atoms with Crippen LogP contribution in [0.15, 0.2) is 48.5 Å². The quantitative estimate of drug-likeness (QED) is 0.621. The number of nitrogens with zero attached hydrogens (tertiary/aromatic N) is 1. The maximum atomic E-state index is 12.0. The predicted molar refractivity (Wildman–Crippen MR) is 111 cm³/mol. The summed E-state index contributed by atoms with van der Waals surface area (Å²) < 4.78 is 24.1. The lowest BCUT2D eigenvalue weighted by Gasteiger charge is -2.20. The zero-order valence-corrected chi connectivity index (χ0v) is 17.2. The van der Waals surface area contributed by atoms with Crippen molar-refractivity contribution in [1.82, 2.24) is 0 Å². The van der Waals surface area contributed by atoms with Gasteiger partial charge >= 0.3 is 0 Å². The lowest BCUT2D eigenvalue weighted by atomic mass is 10.1. The summed E-state index contributed by atoms with van der Waals surface area (Å²) in [5.41, 5.74) is 4.61. The summed E-state index contributed by atoms with van der Waals surface area (Å²) in [6, 6.07) is 16.7. The van der Waals surface area contributed by atoms with Gasteiger partial charge in [0.25, 0.3) is 0 Å². The van der Waals surface area contributed by atoms with Gasteiger partial charge in [-0.2, -0.15) is 0 Å². The van der Waals surface area contributed by atoms with Crippen LogP contribution in [0.5, 0.6) is 0 Å². The summed E-state index contributed by atoms with van der Waals surface area (Å²) >= 11 is 0. The molecule has 142 valence electrons. The average Bonchev–Trinajstić information content (AvgIpc) is 2.61. The molecule has 0 radical (unpaired) electrons. The molecule has 0 saturated carbocycles. The highest BCUT2D eigenvalue weighted by Gasteiger charge is 2.16. The van der Waals surface area contributed by atoms with E-state index in [-0.39, 0.29) is 11.0 Å². The van der Waals surface area contributed by atoms with Gasteiger partial charge in [-0.3, -0.25) is 0 Å². The van der Waals surface area contributed by atoms with E-state index in [0.717, 1.165) is 18.5 Å². The normalized spacial score (nSPS) is 11.7. The van der Waals surface area contributed by atoms with Crippen LogP contribution in [0.2, 0.25) is 0 Å². The van der Waals surface area contributed by atoms with E-state index < -0.39 is 9.84 Å². The Balaban J connectivity index is 1.97. The van der Waals surface area contributed by atoms with Gasteiger partial charge in [-0.05, 0) is 55.5 Å². The Hall–Kier alpha value is -1.81. The number of sulfone groups is 1. The van der Waals surface area contributed by atoms with Crippen molar-refractivity contribution in [2.24, 2.45) is 0 Å². The Labute approximate surface area is 159 Å². The number of rotatable bonds is 9. The van der Waals surface area contributed by atoms with Crippen molar-refractivity contribution in [3.8, 4) is 0 Å². The molecule has 0 atom stereocenters. The first-order valence-corrected chi connectivity index (χ1v) is 11.1. The van der Waals surface area contributed by atoms with E-state index in [1.54, 1.807) is 13.8 Å². The van der Waals surface area contributed by atoms with Crippen LogP contribution in [-0.4, -0.2) is 20.7 Å². The number of benzene rings is 2. The van der Waals surface area contributed by atoms with E-state index in [9.17, 15) is 8.42 Å². The standard InChI is InChI=1S/C22H31NO2S/c1-5-6-7-19-12-14-22(15-13-19)23(4)16-20-8-10-21(11-9-20)17-26(24,25)18(2)3/h8-15,18H,5-7,16-17H2,1-4H3. The fraction of sp³-hybridized carbons (Fsp3) is 0.455. The highest BCUT2D eigenvalue weighted by Crippen LogP contribution is 2.18. The molecule has 4 heteroatoms. The lowest BCUT2D eigenvalue weighted by molar-refractivity contribution is 0.586. The monoisotopic (exact) mass is 373 g/mol. The van der Waals surface area contributed by atoms with Crippen LogP contribution in [-0.2, 0) is 28.6 Å². The average molecular weight is 374 g/mol. The van der Waals surface area contributed by atoms with Crippen LogP contribution in [0.3, 0.4) is 0 Å². The topological polar surface area (TPSA) is 37.4 Å². The molecule has 0 spiro atoms. The second kappa shape index (κ2) is 9.22. The number of hydrogen-bond acceptors (Lipinski definition) is 3. The Morgan fingerprint density at radius 3 is 1.96 bits per heavy atom. The third kappa shape index (κ3) is 5.87. The molecule has 0 aliphatic rings. The third-order valence-electron chi connectivity index (χ3n) is 4.72.